The van der Waals surface area contributed by atoms with E-state index in [1.807, 2.05) is 13.0 Å². The van der Waals surface area contributed by atoms with Crippen LogP contribution in [-0.4, -0.2) is 48.8 Å². The Morgan fingerprint density at radius 3 is 1.54 bits per heavy atom. The monoisotopic (exact) mass is 1130 g/mol. The summed E-state index contributed by atoms with van der Waals surface area (Å²) in [6, 6.07) is 31.6. The first-order valence-corrected chi connectivity index (χ1v) is 33.5. The van der Waals surface area contributed by atoms with Gasteiger partial charge in [0, 0.05) is 69.2 Å². The lowest BCUT2D eigenvalue weighted by Gasteiger charge is -2.41. The number of nitrogens with one attached hydrogen (secondary N) is 1. The Bertz CT molecular complexity index is 3340. The van der Waals surface area contributed by atoms with Gasteiger partial charge in [-0.1, -0.05) is 216 Å². The molecule has 0 aromatic heterocycles. The summed E-state index contributed by atoms with van der Waals surface area (Å²) < 4.78 is 0. The van der Waals surface area contributed by atoms with Gasteiger partial charge in [0.1, 0.15) is 5.94 Å². The molecule has 0 radical (unpaired) electrons. The lowest BCUT2D eigenvalue weighted by molar-refractivity contribution is 0.101. The number of carbonyl (C=O) groups is 1. The van der Waals surface area contributed by atoms with Crippen molar-refractivity contribution in [3.8, 4) is 22.3 Å². The summed E-state index contributed by atoms with van der Waals surface area (Å²) in [5, 5.41) is 11.9. The van der Waals surface area contributed by atoms with Crippen LogP contribution in [0.4, 0.5) is 5.69 Å². The zero-order valence-electron chi connectivity index (χ0n) is 53.2. The summed E-state index contributed by atoms with van der Waals surface area (Å²) in [5.41, 5.74) is 14.6. The van der Waals surface area contributed by atoms with E-state index in [1.165, 1.54) is 195 Å². The minimum Gasteiger partial charge on any atom is -0.372 e. The predicted molar refractivity (Wildman–Crippen MR) is 369 cm³/mol. The molecule has 0 bridgehead atoms. The summed E-state index contributed by atoms with van der Waals surface area (Å²) >= 11 is 0. The van der Waals surface area contributed by atoms with Gasteiger partial charge in [0.2, 0.25) is 0 Å². The third kappa shape index (κ3) is 15.0. The topological polar surface area (TPSA) is 52.7 Å². The summed E-state index contributed by atoms with van der Waals surface area (Å²) in [6.45, 7) is 33.4. The molecule has 1 N–H and O–H groups in total. The Morgan fingerprint density at radius 1 is 0.524 bits per heavy atom. The summed E-state index contributed by atoms with van der Waals surface area (Å²) in [4.78, 5) is 31.4. The van der Waals surface area contributed by atoms with Gasteiger partial charge in [-0.05, 0) is 189 Å². The third-order valence-electron chi connectivity index (χ3n) is 18.6. The van der Waals surface area contributed by atoms with Gasteiger partial charge in [0.25, 0.3) is 0 Å². The molecule has 5 heteroatoms. The Labute approximate surface area is 507 Å². The van der Waals surface area contributed by atoms with Crippen LogP contribution >= 0.6 is 0 Å². The van der Waals surface area contributed by atoms with E-state index in [-0.39, 0.29) is 5.78 Å². The number of unbranched alkanes of at least 4 members (excludes halogenated alkanes) is 12. The number of fused-ring (bicyclic) bond motifs is 2. The number of benzene rings is 7. The van der Waals surface area contributed by atoms with Crippen LogP contribution in [0.3, 0.4) is 0 Å². The number of rotatable bonds is 26. The van der Waals surface area contributed by atoms with Gasteiger partial charge in [-0.2, -0.15) is 0 Å². The van der Waals surface area contributed by atoms with E-state index in [9.17, 15) is 9.59 Å². The molecule has 3 heterocycles. The second-order valence-electron chi connectivity index (χ2n) is 25.1. The molecule has 0 saturated carbocycles. The molecule has 0 amide bonds. The highest BCUT2D eigenvalue weighted by Crippen LogP contribution is 2.54. The largest absolute Gasteiger partial charge is 0.372 e. The van der Waals surface area contributed by atoms with Crippen LogP contribution < -0.4 is 10.2 Å². The van der Waals surface area contributed by atoms with Gasteiger partial charge in [-0.25, -0.2) is 4.79 Å². The molecule has 10 rings (SSSR count). The number of nitrogens with zero attached hydrogens (tertiary/aromatic N) is 2. The molecule has 2 fully saturated rings. The van der Waals surface area contributed by atoms with Crippen molar-refractivity contribution >= 4 is 77.5 Å². The first kappa shape index (κ1) is 63.8. The van der Waals surface area contributed by atoms with Crippen molar-refractivity contribution in [2.45, 2.75) is 221 Å². The molecular formula is C79H103N3O2. The number of ketones is 1. The third-order valence-corrected chi connectivity index (χ3v) is 18.6. The van der Waals surface area contributed by atoms with Gasteiger partial charge in [-0.15, -0.1) is 0 Å². The van der Waals surface area contributed by atoms with E-state index >= 15 is 0 Å². The second-order valence-corrected chi connectivity index (χ2v) is 25.1. The normalized spacial score (nSPS) is 14.3. The van der Waals surface area contributed by atoms with Crippen LogP contribution in [0.5, 0.6) is 0 Å². The van der Waals surface area contributed by atoms with E-state index in [0.717, 1.165) is 109 Å². The van der Waals surface area contributed by atoms with Crippen molar-refractivity contribution in [3.05, 3.63) is 138 Å². The van der Waals surface area contributed by atoms with Crippen molar-refractivity contribution in [2.75, 3.05) is 31.1 Å². The van der Waals surface area contributed by atoms with Crippen LogP contribution in [0.2, 0.25) is 0 Å². The first-order valence-electron chi connectivity index (χ1n) is 33.5. The van der Waals surface area contributed by atoms with Crippen LogP contribution in [0.15, 0.2) is 110 Å². The lowest BCUT2D eigenvalue weighted by atomic mass is 9.77. The highest BCUT2D eigenvalue weighted by molar-refractivity contribution is 6.41. The Morgan fingerprint density at radius 2 is 1.02 bits per heavy atom. The van der Waals surface area contributed by atoms with Crippen molar-refractivity contribution in [2.24, 2.45) is 0 Å². The molecule has 7 aromatic rings. The smallest absolute Gasteiger partial charge is 0.160 e. The minimum atomic E-state index is -0.0301. The molecule has 0 aliphatic carbocycles. The summed E-state index contributed by atoms with van der Waals surface area (Å²) in [6.07, 6.45) is 33.5. The van der Waals surface area contributed by atoms with E-state index < -0.39 is 0 Å². The van der Waals surface area contributed by atoms with Crippen molar-refractivity contribution in [1.29, 1.82) is 0 Å². The Hall–Kier alpha value is -6.26. The van der Waals surface area contributed by atoms with Gasteiger partial charge in [0.05, 0.1) is 0 Å². The number of anilines is 1. The van der Waals surface area contributed by atoms with Crippen LogP contribution in [0.1, 0.15) is 241 Å². The highest BCUT2D eigenvalue weighted by atomic mass is 16.1. The fourth-order valence-corrected chi connectivity index (χ4v) is 13.8. The van der Waals surface area contributed by atoms with Gasteiger partial charge >= 0.3 is 0 Å². The molecule has 2 saturated heterocycles. The van der Waals surface area contributed by atoms with Crippen molar-refractivity contribution < 1.29 is 9.59 Å². The number of piperidine rings is 2. The van der Waals surface area contributed by atoms with Gasteiger partial charge in [0.15, 0.2) is 5.78 Å². The molecule has 0 spiro atoms. The van der Waals surface area contributed by atoms with Crippen LogP contribution in [0, 0.1) is 6.92 Å². The Kier molecular flexibility index (Phi) is 24.1. The number of allylic oxidation sites excluding steroid dienone is 2. The number of hydrogen-bond donors (Lipinski definition) is 1. The van der Waals surface area contributed by atoms with Gasteiger partial charge in [-0.3, -0.25) is 4.79 Å². The van der Waals surface area contributed by atoms with E-state index in [2.05, 4.69) is 141 Å². The molecule has 0 atom stereocenters. The number of carbonyl (C=O) groups excluding carboxylic acids is 2. The average Bonchev–Trinajstić information content (AvgIpc) is 0.809. The molecule has 7 aromatic carbocycles. The van der Waals surface area contributed by atoms with Crippen molar-refractivity contribution in [3.63, 3.8) is 0 Å². The quantitative estimate of drug-likeness (QED) is 0.0146. The molecule has 446 valence electrons. The average molecular weight is 1130 g/mol. The first-order chi connectivity index (χ1) is 41.0. The second kappa shape index (κ2) is 31.8. The molecule has 3 aliphatic heterocycles. The molecule has 3 aliphatic rings. The number of aryl methyl sites for hydroxylation is 1. The number of Topliss-reactive ketones (excluding diaryl/α,β-unsaturated/α-hetero) is 1. The molecular weight excluding hydrogens is 1020 g/mol. The van der Waals surface area contributed by atoms with Crippen LogP contribution in [0.25, 0.3) is 82.3 Å². The summed E-state index contributed by atoms with van der Waals surface area (Å²) in [7, 11) is 0. The van der Waals surface area contributed by atoms with Crippen LogP contribution in [-0.2, 0) is 4.79 Å². The van der Waals surface area contributed by atoms with E-state index in [1.54, 1.807) is 6.92 Å². The molecule has 5 nitrogen and oxygen atoms in total. The molecule has 84 heavy (non-hydrogen) atoms. The molecule has 0 unspecified atom stereocenters. The minimum absolute atomic E-state index is 0.0301. The standard InChI is InChI=1S/C60H64N2O2.C14H28.C5H11N/c1-8-10-12-15-19-46(20-16-13-11-9-2)62-40(5)47-29-31-49-57-53(44-25-27-45(28-26-44)61-33-17-14-18-34-61)35-51(39(4)37-63)56-48(42(7)64)30-32-50(60(56)57)58-54(43-23-21-38(3)22-24-43)36-52(41(62)6)55(47)59(49)58;1-4-6-8-10-12-14(3)13-11-9-7-5-2;1-2-4-6-5-3-1/h21-32,35-36,46H,5-6,8-20,33-34H2,1-4,7H3;3-13H2,1-2H3;6H,1-5H2. The fraction of sp³-hybridized carbons (Fsp3) is 0.481. The maximum atomic E-state index is 13.7. The zero-order valence-corrected chi connectivity index (χ0v) is 53.2. The van der Waals surface area contributed by atoms with Crippen molar-refractivity contribution in [1.82, 2.24) is 10.2 Å². The Balaban J connectivity index is 0.000000391. The van der Waals surface area contributed by atoms with E-state index in [4.69, 9.17) is 13.2 Å². The SMILES string of the molecule is C1CCNCC1.C=C(CCCCCC)CCCCCC.C=C1c2ccc3c4c(-c5ccc(N6CCCCC6)cc5)cc(C(C)=C=O)c5c(C(C)=O)ccc(c6c(-c7ccc(C)cc7)cc(c2c36)C(=C)N1C(CCCCCC)CCCCCC)c54. The maximum Gasteiger partial charge on any atom is 0.160 e. The number of hydrogen-bond acceptors (Lipinski definition) is 5. The van der Waals surface area contributed by atoms with E-state index in [0.29, 0.717) is 17.2 Å². The predicted octanol–water partition coefficient (Wildman–Crippen LogP) is 22.6. The fourth-order valence-electron chi connectivity index (χ4n) is 13.8. The maximum absolute atomic E-state index is 13.7. The lowest BCUT2D eigenvalue weighted by Crippen LogP contribution is -2.34. The zero-order chi connectivity index (χ0) is 59.5. The summed E-state index contributed by atoms with van der Waals surface area (Å²) in [5.74, 6) is 2.21. The van der Waals surface area contributed by atoms with Gasteiger partial charge < -0.3 is 15.1 Å². The highest BCUT2D eigenvalue weighted by Gasteiger charge is 2.34.